The molecule has 0 amide bonds. The Bertz CT molecular complexity index is 780. The van der Waals surface area contributed by atoms with Crippen LogP contribution in [-0.2, 0) is 0 Å². The van der Waals surface area contributed by atoms with Gasteiger partial charge in [-0.05, 0) is 48.1 Å². The van der Waals surface area contributed by atoms with Crippen molar-refractivity contribution in [2.45, 2.75) is 34.6 Å². The Balaban J connectivity index is 2.38. The van der Waals surface area contributed by atoms with E-state index in [-0.39, 0.29) is 5.48 Å². The second-order valence-electron chi connectivity index (χ2n) is 7.39. The molecule has 5 heteroatoms. The fourth-order valence-corrected chi connectivity index (χ4v) is 3.77. The highest BCUT2D eigenvalue weighted by atomic mass is 35.5. The Hall–Kier alpha value is -1.54. The quantitative estimate of drug-likeness (QED) is 0.591. The highest BCUT2D eigenvalue weighted by molar-refractivity contribution is 7.49. The van der Waals surface area contributed by atoms with Gasteiger partial charge in [-0.15, -0.1) is 5.48 Å². The maximum Gasteiger partial charge on any atom is 0.134 e. The maximum absolute atomic E-state index is 12.9. The summed E-state index contributed by atoms with van der Waals surface area (Å²) in [5.74, 6) is 2.26. The summed E-state index contributed by atoms with van der Waals surface area (Å²) in [4.78, 5) is 0. The summed E-state index contributed by atoms with van der Waals surface area (Å²) in [6.07, 6.45) is 0. The van der Waals surface area contributed by atoms with Gasteiger partial charge in [0.1, 0.15) is 11.5 Å². The lowest BCUT2D eigenvalue weighted by molar-refractivity contribution is -0.207. The van der Waals surface area contributed by atoms with E-state index >= 15 is 0 Å². The molecule has 0 saturated heterocycles. The highest BCUT2D eigenvalue weighted by Gasteiger charge is 2.09. The summed E-state index contributed by atoms with van der Waals surface area (Å²) in [6.45, 7) is 11.5. The van der Waals surface area contributed by atoms with Crippen LogP contribution in [0.25, 0.3) is 0 Å². The predicted octanol–water partition coefficient (Wildman–Crippen LogP) is 4.83. The minimum Gasteiger partial charge on any atom is -0.823 e. The number of benzene rings is 2. The van der Waals surface area contributed by atoms with E-state index in [1.54, 1.807) is 6.07 Å². The van der Waals surface area contributed by atoms with Gasteiger partial charge >= 0.3 is 0 Å². The van der Waals surface area contributed by atoms with E-state index < -0.39 is 0 Å². The lowest BCUT2D eigenvalue weighted by Gasteiger charge is -2.18. The topological polar surface area (TPSA) is 41.5 Å². The molecule has 3 nitrogen and oxygen atoms in total. The van der Waals surface area contributed by atoms with Crippen molar-refractivity contribution in [3.8, 4) is 11.5 Å². The van der Waals surface area contributed by atoms with Crippen LogP contribution in [0.15, 0.2) is 36.4 Å². The largest absolute Gasteiger partial charge is 0.823 e. The molecule has 0 radical (unpaired) electrons. The fraction of sp³-hybridized carbons (Fsp3) is 0.409. The second kappa shape index (κ2) is 10.1. The number of ether oxygens (including phenoxy) is 2. The van der Waals surface area contributed by atoms with Gasteiger partial charge in [-0.2, -0.15) is 0 Å². The van der Waals surface area contributed by atoms with Gasteiger partial charge in [0.2, 0.25) is 0 Å². The third-order valence-corrected chi connectivity index (χ3v) is 5.10. The molecule has 0 aliphatic rings. The monoisotopic (exact) mass is 405 g/mol. The molecule has 0 bridgehead atoms. The Morgan fingerprint density at radius 3 is 2.33 bits per heavy atom. The van der Waals surface area contributed by atoms with Crippen LogP contribution in [0.4, 0.5) is 0 Å². The predicted molar refractivity (Wildman–Crippen MR) is 114 cm³/mol. The van der Waals surface area contributed by atoms with Crippen molar-refractivity contribution >= 4 is 30.6 Å². The first kappa shape index (κ1) is 21.8. The van der Waals surface area contributed by atoms with Gasteiger partial charge in [0.05, 0.1) is 13.2 Å². The molecule has 0 saturated carbocycles. The van der Waals surface area contributed by atoms with Crippen LogP contribution in [0, 0.1) is 18.8 Å². The van der Waals surface area contributed by atoms with Crippen molar-refractivity contribution < 1.29 is 14.6 Å². The Morgan fingerprint density at radius 1 is 1.04 bits per heavy atom. The van der Waals surface area contributed by atoms with Gasteiger partial charge in [0, 0.05) is 16.4 Å². The third-order valence-electron chi connectivity index (χ3n) is 3.74. The Morgan fingerprint density at radius 2 is 1.70 bits per heavy atom. The van der Waals surface area contributed by atoms with Gasteiger partial charge < -0.3 is 14.6 Å². The van der Waals surface area contributed by atoms with Crippen LogP contribution in [-0.4, -0.2) is 18.7 Å². The van der Waals surface area contributed by atoms with Gasteiger partial charge in [0.15, 0.2) is 0 Å². The first-order valence-electron chi connectivity index (χ1n) is 9.18. The van der Waals surface area contributed by atoms with E-state index in [9.17, 15) is 5.11 Å². The zero-order valence-corrected chi connectivity index (χ0v) is 18.2. The normalized spacial score (nSPS) is 12.0. The molecule has 0 atom stereocenters. The first-order valence-corrected chi connectivity index (χ1v) is 10.5. The van der Waals surface area contributed by atoms with Crippen molar-refractivity contribution in [1.29, 1.82) is 0 Å². The van der Waals surface area contributed by atoms with Crippen molar-refractivity contribution in [3.05, 3.63) is 52.5 Å². The van der Waals surface area contributed by atoms with Gasteiger partial charge in [0.25, 0.3) is 0 Å². The van der Waals surface area contributed by atoms with Crippen LogP contribution < -0.4 is 19.9 Å². The molecule has 2 aromatic carbocycles. The SMILES string of the molecule is Cc1cccc(Cl)c1C([O-])=Pc1ccc(OCC(C)C)cc1OCC(C)C. The average molecular weight is 406 g/mol. The van der Waals surface area contributed by atoms with E-state index in [0.29, 0.717) is 49.6 Å². The molecule has 0 aliphatic carbocycles. The molecule has 2 aromatic rings. The first-order chi connectivity index (χ1) is 12.8. The second-order valence-corrected chi connectivity index (χ2v) is 8.91. The van der Waals surface area contributed by atoms with E-state index in [0.717, 1.165) is 16.6 Å². The van der Waals surface area contributed by atoms with E-state index in [1.807, 2.05) is 37.3 Å². The zero-order chi connectivity index (χ0) is 20.0. The van der Waals surface area contributed by atoms with Crippen molar-refractivity contribution in [3.63, 3.8) is 0 Å². The lowest BCUT2D eigenvalue weighted by Crippen LogP contribution is -2.20. The maximum atomic E-state index is 12.9. The molecule has 0 unspecified atom stereocenters. The number of rotatable bonds is 8. The lowest BCUT2D eigenvalue weighted by atomic mass is 10.1. The third kappa shape index (κ3) is 6.53. The molecular formula is C22H27ClO3P-. The summed E-state index contributed by atoms with van der Waals surface area (Å²) in [5.41, 5.74) is 1.40. The van der Waals surface area contributed by atoms with E-state index in [2.05, 4.69) is 27.7 Å². The Kier molecular flexibility index (Phi) is 8.16. The molecule has 2 rings (SSSR count). The van der Waals surface area contributed by atoms with Gasteiger partial charge in [-0.3, -0.25) is 0 Å². The molecule has 27 heavy (non-hydrogen) atoms. The minimum absolute atomic E-state index is 0.0386. The van der Waals surface area contributed by atoms with Crippen LogP contribution in [0.5, 0.6) is 11.5 Å². The van der Waals surface area contributed by atoms with E-state index in [1.165, 1.54) is 0 Å². The standard InChI is InChI=1S/C22H28ClO3P/c1-14(2)12-25-17-9-10-20(19(11-17)26-13-15(3)4)27-22(24)21-16(5)7-6-8-18(21)23/h6-11,14-15,24H,12-13H2,1-5H3/p-1. The van der Waals surface area contributed by atoms with Gasteiger partial charge in [-0.1, -0.05) is 59.6 Å². The minimum atomic E-state index is -0.0386. The van der Waals surface area contributed by atoms with Crippen LogP contribution in [0.1, 0.15) is 38.8 Å². The number of hydrogen-bond acceptors (Lipinski definition) is 3. The fourth-order valence-electron chi connectivity index (χ4n) is 2.38. The smallest absolute Gasteiger partial charge is 0.134 e. The molecular weight excluding hydrogens is 379 g/mol. The molecule has 0 aromatic heterocycles. The highest BCUT2D eigenvalue weighted by Crippen LogP contribution is 2.26. The van der Waals surface area contributed by atoms with Gasteiger partial charge in [-0.25, -0.2) is 0 Å². The van der Waals surface area contributed by atoms with Crippen molar-refractivity contribution in [2.75, 3.05) is 13.2 Å². The summed E-state index contributed by atoms with van der Waals surface area (Å²) in [6, 6.07) is 11.2. The molecule has 0 spiro atoms. The summed E-state index contributed by atoms with van der Waals surface area (Å²) in [7, 11) is 0.537. The number of aryl methyl sites for hydroxylation is 1. The zero-order valence-electron chi connectivity index (χ0n) is 16.6. The molecule has 146 valence electrons. The molecule has 0 fully saturated rings. The van der Waals surface area contributed by atoms with Crippen LogP contribution >= 0.6 is 19.8 Å². The Labute approximate surface area is 169 Å². The van der Waals surface area contributed by atoms with E-state index in [4.69, 9.17) is 21.1 Å². The molecule has 0 aliphatic heterocycles. The molecule has 0 N–H and O–H groups in total. The van der Waals surface area contributed by atoms with Crippen molar-refractivity contribution in [2.24, 2.45) is 11.8 Å². The van der Waals surface area contributed by atoms with Crippen LogP contribution in [0.2, 0.25) is 5.02 Å². The average Bonchev–Trinajstić information content (AvgIpc) is 2.59. The van der Waals surface area contributed by atoms with Crippen molar-refractivity contribution in [1.82, 2.24) is 0 Å². The summed E-state index contributed by atoms with van der Waals surface area (Å²) < 4.78 is 11.8. The summed E-state index contributed by atoms with van der Waals surface area (Å²) >= 11 is 6.25. The number of halogens is 1. The number of hydrogen-bond donors (Lipinski definition) is 0. The molecule has 0 heterocycles. The summed E-state index contributed by atoms with van der Waals surface area (Å²) in [5, 5.41) is 14.2. The van der Waals surface area contributed by atoms with Crippen LogP contribution in [0.3, 0.4) is 0 Å².